The summed E-state index contributed by atoms with van der Waals surface area (Å²) in [6.45, 7) is 0. The van der Waals surface area contributed by atoms with Crippen LogP contribution in [-0.2, 0) is 12.8 Å². The standard InChI is InChI=1S/C21H16ClN3O/c22-16-7-8-18-19(9-6-15-10-12-23-13-11-15)24-21(26)25(20(18)14-16)17-4-2-1-3-5-17/h1-5,7-8,10-14H,6,9H2. The first-order valence-electron chi connectivity index (χ1n) is 8.38. The molecule has 0 amide bonds. The predicted molar refractivity (Wildman–Crippen MR) is 104 cm³/mol. The van der Waals surface area contributed by atoms with Crippen LogP contribution in [0.15, 0.2) is 77.9 Å². The third-order valence-corrected chi connectivity index (χ3v) is 4.58. The topological polar surface area (TPSA) is 47.8 Å². The summed E-state index contributed by atoms with van der Waals surface area (Å²) in [7, 11) is 0. The Morgan fingerprint density at radius 3 is 2.46 bits per heavy atom. The summed E-state index contributed by atoms with van der Waals surface area (Å²) in [5.41, 5.74) is 3.20. The number of para-hydroxylation sites is 1. The number of aryl methyl sites for hydroxylation is 2. The molecule has 0 radical (unpaired) electrons. The van der Waals surface area contributed by atoms with Crippen LogP contribution < -0.4 is 5.69 Å². The van der Waals surface area contributed by atoms with Gasteiger partial charge in [0.15, 0.2) is 0 Å². The SMILES string of the molecule is O=c1nc(CCc2ccncc2)c2ccc(Cl)cc2n1-c1ccccc1. The average Bonchev–Trinajstić information content (AvgIpc) is 2.67. The zero-order valence-corrected chi connectivity index (χ0v) is 14.7. The van der Waals surface area contributed by atoms with Crippen molar-refractivity contribution in [3.63, 3.8) is 0 Å². The van der Waals surface area contributed by atoms with E-state index in [9.17, 15) is 4.79 Å². The Morgan fingerprint density at radius 1 is 0.923 bits per heavy atom. The smallest absolute Gasteiger partial charge is 0.265 e. The van der Waals surface area contributed by atoms with Crippen LogP contribution in [-0.4, -0.2) is 14.5 Å². The highest BCUT2D eigenvalue weighted by Crippen LogP contribution is 2.23. The van der Waals surface area contributed by atoms with Crippen molar-refractivity contribution in [2.24, 2.45) is 0 Å². The van der Waals surface area contributed by atoms with Crippen molar-refractivity contribution >= 4 is 22.5 Å². The zero-order chi connectivity index (χ0) is 17.9. The Morgan fingerprint density at radius 2 is 1.69 bits per heavy atom. The van der Waals surface area contributed by atoms with E-state index < -0.39 is 0 Å². The Hall–Kier alpha value is -2.98. The van der Waals surface area contributed by atoms with E-state index in [1.165, 1.54) is 0 Å². The highest BCUT2D eigenvalue weighted by molar-refractivity contribution is 6.31. The van der Waals surface area contributed by atoms with Crippen LogP contribution in [0.5, 0.6) is 0 Å². The third-order valence-electron chi connectivity index (χ3n) is 4.35. The monoisotopic (exact) mass is 361 g/mol. The van der Waals surface area contributed by atoms with E-state index >= 15 is 0 Å². The number of hydrogen-bond donors (Lipinski definition) is 0. The van der Waals surface area contributed by atoms with E-state index in [2.05, 4.69) is 9.97 Å². The van der Waals surface area contributed by atoms with Gasteiger partial charge in [0, 0.05) is 22.8 Å². The molecular formula is C21H16ClN3O. The molecule has 26 heavy (non-hydrogen) atoms. The van der Waals surface area contributed by atoms with Gasteiger partial charge in [0.25, 0.3) is 0 Å². The number of aromatic nitrogens is 3. The van der Waals surface area contributed by atoms with Crippen LogP contribution in [0.2, 0.25) is 5.02 Å². The van der Waals surface area contributed by atoms with Gasteiger partial charge >= 0.3 is 5.69 Å². The lowest BCUT2D eigenvalue weighted by atomic mass is 10.1. The Labute approximate surface area is 155 Å². The Balaban J connectivity index is 1.84. The second kappa shape index (κ2) is 7.10. The van der Waals surface area contributed by atoms with Gasteiger partial charge < -0.3 is 0 Å². The van der Waals surface area contributed by atoms with Gasteiger partial charge in [-0.25, -0.2) is 4.79 Å². The van der Waals surface area contributed by atoms with Crippen LogP contribution in [0.4, 0.5) is 0 Å². The van der Waals surface area contributed by atoms with E-state index in [0.29, 0.717) is 11.4 Å². The first-order chi connectivity index (χ1) is 12.7. The molecule has 2 heterocycles. The van der Waals surface area contributed by atoms with Crippen molar-refractivity contribution in [3.8, 4) is 5.69 Å². The fourth-order valence-electron chi connectivity index (χ4n) is 3.09. The second-order valence-electron chi connectivity index (χ2n) is 6.03. The quantitative estimate of drug-likeness (QED) is 0.546. The van der Waals surface area contributed by atoms with Gasteiger partial charge in [-0.3, -0.25) is 9.55 Å². The van der Waals surface area contributed by atoms with Crippen LogP contribution in [0.25, 0.3) is 16.6 Å². The molecule has 0 fully saturated rings. The van der Waals surface area contributed by atoms with Gasteiger partial charge in [-0.15, -0.1) is 0 Å². The first-order valence-corrected chi connectivity index (χ1v) is 8.76. The maximum Gasteiger partial charge on any atom is 0.352 e. The number of rotatable bonds is 4. The molecule has 2 aromatic carbocycles. The molecule has 4 rings (SSSR count). The van der Waals surface area contributed by atoms with Crippen molar-refractivity contribution in [3.05, 3.63) is 99.8 Å². The summed E-state index contributed by atoms with van der Waals surface area (Å²) < 4.78 is 1.61. The largest absolute Gasteiger partial charge is 0.352 e. The predicted octanol–water partition coefficient (Wildman–Crippen LogP) is 4.22. The highest BCUT2D eigenvalue weighted by atomic mass is 35.5. The lowest BCUT2D eigenvalue weighted by Crippen LogP contribution is -2.23. The molecule has 0 aliphatic rings. The average molecular weight is 362 g/mol. The minimum absolute atomic E-state index is 0.296. The van der Waals surface area contributed by atoms with Crippen molar-refractivity contribution in [2.45, 2.75) is 12.8 Å². The summed E-state index contributed by atoms with van der Waals surface area (Å²) in [6, 6.07) is 19.0. The van der Waals surface area contributed by atoms with Gasteiger partial charge in [-0.2, -0.15) is 4.98 Å². The molecule has 0 aliphatic heterocycles. The van der Waals surface area contributed by atoms with Gasteiger partial charge in [-0.1, -0.05) is 29.8 Å². The van der Waals surface area contributed by atoms with Crippen molar-refractivity contribution in [2.75, 3.05) is 0 Å². The fourth-order valence-corrected chi connectivity index (χ4v) is 3.26. The Bertz CT molecular complexity index is 1110. The molecule has 0 saturated heterocycles. The van der Waals surface area contributed by atoms with Crippen LogP contribution in [0, 0.1) is 0 Å². The van der Waals surface area contributed by atoms with Gasteiger partial charge in [0.1, 0.15) is 0 Å². The van der Waals surface area contributed by atoms with E-state index in [-0.39, 0.29) is 5.69 Å². The molecular weight excluding hydrogens is 346 g/mol. The maximum atomic E-state index is 12.8. The normalized spacial score (nSPS) is 11.0. The number of benzene rings is 2. The van der Waals surface area contributed by atoms with E-state index in [4.69, 9.17) is 11.6 Å². The molecule has 4 aromatic rings. The van der Waals surface area contributed by atoms with Gasteiger partial charge in [-0.05, 0) is 60.9 Å². The molecule has 0 aliphatic carbocycles. The van der Waals surface area contributed by atoms with E-state index in [1.54, 1.807) is 17.0 Å². The Kier molecular flexibility index (Phi) is 4.50. The van der Waals surface area contributed by atoms with Gasteiger partial charge in [0.2, 0.25) is 0 Å². The van der Waals surface area contributed by atoms with Gasteiger partial charge in [0.05, 0.1) is 16.9 Å². The van der Waals surface area contributed by atoms with E-state index in [0.717, 1.165) is 34.3 Å². The molecule has 0 saturated carbocycles. The lowest BCUT2D eigenvalue weighted by molar-refractivity contribution is 0.867. The molecule has 128 valence electrons. The molecule has 0 spiro atoms. The highest BCUT2D eigenvalue weighted by Gasteiger charge is 2.12. The molecule has 0 atom stereocenters. The molecule has 2 aromatic heterocycles. The summed E-state index contributed by atoms with van der Waals surface area (Å²) >= 11 is 6.21. The maximum absolute atomic E-state index is 12.8. The summed E-state index contributed by atoms with van der Waals surface area (Å²) in [6.07, 6.45) is 5.01. The van der Waals surface area contributed by atoms with E-state index in [1.807, 2.05) is 60.7 Å². The van der Waals surface area contributed by atoms with Crippen molar-refractivity contribution in [1.82, 2.24) is 14.5 Å². The molecule has 5 heteroatoms. The van der Waals surface area contributed by atoms with Crippen LogP contribution in [0.1, 0.15) is 11.3 Å². The molecule has 0 N–H and O–H groups in total. The number of fused-ring (bicyclic) bond motifs is 1. The molecule has 0 unspecified atom stereocenters. The minimum atomic E-state index is -0.296. The molecule has 4 nitrogen and oxygen atoms in total. The summed E-state index contributed by atoms with van der Waals surface area (Å²) in [4.78, 5) is 21.2. The summed E-state index contributed by atoms with van der Waals surface area (Å²) in [5, 5.41) is 1.53. The summed E-state index contributed by atoms with van der Waals surface area (Å²) in [5.74, 6) is 0. The molecule has 0 bridgehead atoms. The number of halogens is 1. The first kappa shape index (κ1) is 16.5. The number of pyridine rings is 1. The van der Waals surface area contributed by atoms with Crippen molar-refractivity contribution < 1.29 is 0 Å². The second-order valence-corrected chi connectivity index (χ2v) is 6.47. The fraction of sp³-hybridized carbons (Fsp3) is 0.0952. The van der Waals surface area contributed by atoms with Crippen molar-refractivity contribution in [1.29, 1.82) is 0 Å². The van der Waals surface area contributed by atoms with Crippen LogP contribution >= 0.6 is 11.6 Å². The number of nitrogens with zero attached hydrogens (tertiary/aromatic N) is 3. The number of hydrogen-bond acceptors (Lipinski definition) is 3. The minimum Gasteiger partial charge on any atom is -0.265 e. The van der Waals surface area contributed by atoms with Crippen LogP contribution in [0.3, 0.4) is 0 Å². The lowest BCUT2D eigenvalue weighted by Gasteiger charge is -2.13. The third kappa shape index (κ3) is 3.24. The zero-order valence-electron chi connectivity index (χ0n) is 14.0.